The van der Waals surface area contributed by atoms with Crippen molar-refractivity contribution < 1.29 is 14.7 Å². The van der Waals surface area contributed by atoms with Gasteiger partial charge in [-0.15, -0.1) is 0 Å². The Morgan fingerprint density at radius 3 is 2.22 bits per heavy atom. The van der Waals surface area contributed by atoms with Crippen molar-refractivity contribution in [3.8, 4) is 0 Å². The van der Waals surface area contributed by atoms with E-state index in [2.05, 4.69) is 17.6 Å². The Kier molecular flexibility index (Phi) is 7.30. The van der Waals surface area contributed by atoms with Gasteiger partial charge in [-0.3, -0.25) is 9.63 Å². The molecule has 4 heteroatoms. The average molecular weight is 313 g/mol. The number of hydroxylamine groups is 1. The van der Waals surface area contributed by atoms with Crippen molar-refractivity contribution in [1.29, 1.82) is 0 Å². The fourth-order valence-electron chi connectivity index (χ4n) is 2.35. The van der Waals surface area contributed by atoms with E-state index in [0.717, 1.165) is 18.4 Å². The van der Waals surface area contributed by atoms with Gasteiger partial charge in [0.2, 0.25) is 5.91 Å². The molecule has 1 amide bonds. The summed E-state index contributed by atoms with van der Waals surface area (Å²) in [5.74, 6) is -0.703. The second kappa shape index (κ2) is 9.77. The number of nitrogens with one attached hydrogen (secondary N) is 1. The van der Waals surface area contributed by atoms with E-state index in [0.29, 0.717) is 13.0 Å². The normalized spacial score (nSPS) is 11.9. The number of amides is 1. The first kappa shape index (κ1) is 17.2. The molecule has 0 bridgehead atoms. The molecular formula is C19H23NO3. The summed E-state index contributed by atoms with van der Waals surface area (Å²) in [5.41, 5.74) is 4.66. The van der Waals surface area contributed by atoms with E-state index in [1.54, 1.807) is 0 Å². The van der Waals surface area contributed by atoms with E-state index in [-0.39, 0.29) is 12.5 Å². The highest BCUT2D eigenvalue weighted by molar-refractivity contribution is 5.77. The maximum absolute atomic E-state index is 12.0. The van der Waals surface area contributed by atoms with Crippen LogP contribution in [0.5, 0.6) is 0 Å². The van der Waals surface area contributed by atoms with Crippen molar-refractivity contribution in [2.24, 2.45) is 5.92 Å². The Balaban J connectivity index is 1.68. The first-order valence-electron chi connectivity index (χ1n) is 7.90. The summed E-state index contributed by atoms with van der Waals surface area (Å²) in [5, 5.41) is 9.39. The number of aryl methyl sites for hydroxylation is 1. The summed E-state index contributed by atoms with van der Waals surface area (Å²) < 4.78 is 0. The number of rotatable bonds is 9. The molecule has 2 N–H and O–H groups in total. The van der Waals surface area contributed by atoms with E-state index >= 15 is 0 Å². The summed E-state index contributed by atoms with van der Waals surface area (Å²) in [4.78, 5) is 17.2. The van der Waals surface area contributed by atoms with Gasteiger partial charge in [0.25, 0.3) is 0 Å². The predicted molar refractivity (Wildman–Crippen MR) is 89.3 cm³/mol. The van der Waals surface area contributed by atoms with Crippen LogP contribution >= 0.6 is 0 Å². The fraction of sp³-hybridized carbons (Fsp3) is 0.316. The Labute approximate surface area is 137 Å². The van der Waals surface area contributed by atoms with Crippen molar-refractivity contribution in [2.45, 2.75) is 25.9 Å². The lowest BCUT2D eigenvalue weighted by molar-refractivity contribution is -0.140. The second-order valence-corrected chi connectivity index (χ2v) is 5.50. The minimum absolute atomic E-state index is 0.171. The number of aliphatic hydroxyl groups is 1. The smallest absolute Gasteiger partial charge is 0.248 e. The number of carbonyl (C=O) groups excluding carboxylic acids is 1. The summed E-state index contributed by atoms with van der Waals surface area (Å²) in [6, 6.07) is 19.7. The van der Waals surface area contributed by atoms with Gasteiger partial charge in [-0.05, 0) is 30.4 Å². The van der Waals surface area contributed by atoms with Gasteiger partial charge < -0.3 is 5.11 Å². The zero-order chi connectivity index (χ0) is 16.3. The van der Waals surface area contributed by atoms with Crippen LogP contribution in [0, 0.1) is 5.92 Å². The van der Waals surface area contributed by atoms with Crippen molar-refractivity contribution in [3.63, 3.8) is 0 Å². The Morgan fingerprint density at radius 2 is 1.61 bits per heavy atom. The van der Waals surface area contributed by atoms with E-state index in [1.165, 1.54) is 5.56 Å². The fourth-order valence-corrected chi connectivity index (χ4v) is 2.35. The molecule has 2 aromatic rings. The highest BCUT2D eigenvalue weighted by Gasteiger charge is 2.17. The van der Waals surface area contributed by atoms with Crippen LogP contribution in [0.4, 0.5) is 0 Å². The van der Waals surface area contributed by atoms with Gasteiger partial charge >= 0.3 is 0 Å². The lowest BCUT2D eigenvalue weighted by atomic mass is 10.00. The third-order valence-corrected chi connectivity index (χ3v) is 3.71. The maximum atomic E-state index is 12.0. The molecule has 0 spiro atoms. The molecule has 2 aromatic carbocycles. The highest BCUT2D eigenvalue weighted by atomic mass is 16.6. The molecule has 0 aliphatic carbocycles. The van der Waals surface area contributed by atoms with Crippen LogP contribution in [0.3, 0.4) is 0 Å². The van der Waals surface area contributed by atoms with E-state index < -0.39 is 5.92 Å². The number of carbonyl (C=O) groups is 1. The SMILES string of the molecule is O=C(NOCc1ccccc1)[C@@H](CO)CCCc1ccccc1. The van der Waals surface area contributed by atoms with Crippen LogP contribution in [0.2, 0.25) is 0 Å². The molecule has 0 saturated carbocycles. The molecule has 1 atom stereocenters. The van der Waals surface area contributed by atoms with Crippen LogP contribution in [0.1, 0.15) is 24.0 Å². The van der Waals surface area contributed by atoms with Gasteiger partial charge in [0, 0.05) is 0 Å². The minimum atomic E-state index is -0.436. The van der Waals surface area contributed by atoms with Crippen molar-refractivity contribution in [1.82, 2.24) is 5.48 Å². The molecule has 0 aromatic heterocycles. The third kappa shape index (κ3) is 6.22. The summed E-state index contributed by atoms with van der Waals surface area (Å²) in [6.45, 7) is 0.143. The molecule has 0 saturated heterocycles. The molecule has 23 heavy (non-hydrogen) atoms. The van der Waals surface area contributed by atoms with Crippen molar-refractivity contribution in [2.75, 3.05) is 6.61 Å². The standard InChI is InChI=1S/C19H23NO3/c21-14-18(13-7-12-16-8-3-1-4-9-16)19(22)20-23-15-17-10-5-2-6-11-17/h1-6,8-11,18,21H,7,12-15H2,(H,20,22)/t18-/m1/s1. The maximum Gasteiger partial charge on any atom is 0.248 e. The quantitative estimate of drug-likeness (QED) is 0.700. The first-order valence-corrected chi connectivity index (χ1v) is 7.90. The number of hydrogen-bond donors (Lipinski definition) is 2. The van der Waals surface area contributed by atoms with Gasteiger partial charge in [-0.2, -0.15) is 0 Å². The highest BCUT2D eigenvalue weighted by Crippen LogP contribution is 2.11. The molecule has 122 valence electrons. The topological polar surface area (TPSA) is 58.6 Å². The summed E-state index contributed by atoms with van der Waals surface area (Å²) >= 11 is 0. The second-order valence-electron chi connectivity index (χ2n) is 5.50. The summed E-state index contributed by atoms with van der Waals surface area (Å²) in [7, 11) is 0. The minimum Gasteiger partial charge on any atom is -0.396 e. The summed E-state index contributed by atoms with van der Waals surface area (Å²) in [6.07, 6.45) is 2.38. The van der Waals surface area contributed by atoms with Crippen molar-refractivity contribution in [3.05, 3.63) is 71.8 Å². The van der Waals surface area contributed by atoms with Crippen molar-refractivity contribution >= 4 is 5.91 Å². The lowest BCUT2D eigenvalue weighted by Crippen LogP contribution is -2.32. The van der Waals surface area contributed by atoms with Gasteiger partial charge in [0.15, 0.2) is 0 Å². The third-order valence-electron chi connectivity index (χ3n) is 3.71. The molecule has 0 heterocycles. The van der Waals surface area contributed by atoms with E-state index in [9.17, 15) is 9.90 Å². The molecule has 0 aliphatic rings. The zero-order valence-electron chi connectivity index (χ0n) is 13.2. The lowest BCUT2D eigenvalue weighted by Gasteiger charge is -2.14. The van der Waals surface area contributed by atoms with Crippen LogP contribution < -0.4 is 5.48 Å². The number of hydrogen-bond acceptors (Lipinski definition) is 3. The number of aliphatic hydroxyl groups excluding tert-OH is 1. The predicted octanol–water partition coefficient (Wildman–Crippen LogP) is 2.87. The molecule has 0 unspecified atom stereocenters. The van der Waals surface area contributed by atoms with Gasteiger partial charge in [0.1, 0.15) is 0 Å². The molecular weight excluding hydrogens is 290 g/mol. The zero-order valence-corrected chi connectivity index (χ0v) is 13.2. The van der Waals surface area contributed by atoms with E-state index in [4.69, 9.17) is 4.84 Å². The van der Waals surface area contributed by atoms with Crippen LogP contribution in [0.15, 0.2) is 60.7 Å². The average Bonchev–Trinajstić information content (AvgIpc) is 2.60. The molecule has 4 nitrogen and oxygen atoms in total. The van der Waals surface area contributed by atoms with Gasteiger partial charge in [-0.25, -0.2) is 5.48 Å². The molecule has 0 aliphatic heterocycles. The Hall–Kier alpha value is -2.17. The molecule has 0 radical (unpaired) electrons. The van der Waals surface area contributed by atoms with Gasteiger partial charge in [-0.1, -0.05) is 60.7 Å². The number of benzene rings is 2. The first-order chi connectivity index (χ1) is 11.3. The van der Waals surface area contributed by atoms with Gasteiger partial charge in [0.05, 0.1) is 19.1 Å². The van der Waals surface area contributed by atoms with Crippen LogP contribution in [-0.4, -0.2) is 17.6 Å². The van der Waals surface area contributed by atoms with Crippen LogP contribution in [0.25, 0.3) is 0 Å². The monoisotopic (exact) mass is 313 g/mol. The molecule has 2 rings (SSSR count). The van der Waals surface area contributed by atoms with Crippen LogP contribution in [-0.2, 0) is 22.7 Å². The largest absolute Gasteiger partial charge is 0.396 e. The Bertz CT molecular complexity index is 572. The molecule has 0 fully saturated rings. The van der Waals surface area contributed by atoms with E-state index in [1.807, 2.05) is 48.5 Å². The Morgan fingerprint density at radius 1 is 1.00 bits per heavy atom.